The van der Waals surface area contributed by atoms with E-state index in [-0.39, 0.29) is 5.92 Å². The summed E-state index contributed by atoms with van der Waals surface area (Å²) >= 11 is -1.76. The number of allylic oxidation sites excluding steroid dienone is 1. The van der Waals surface area contributed by atoms with Crippen LogP contribution in [0.4, 0.5) is 0 Å². The van der Waals surface area contributed by atoms with Crippen LogP contribution in [0.25, 0.3) is 0 Å². The van der Waals surface area contributed by atoms with E-state index in [1.165, 1.54) is 0 Å². The van der Waals surface area contributed by atoms with E-state index in [0.717, 1.165) is 22.7 Å². The summed E-state index contributed by atoms with van der Waals surface area (Å²) < 4.78 is 1.16. The maximum absolute atomic E-state index is 10.7. The molecule has 1 nitrogen and oxygen atoms in total. The Kier molecular flexibility index (Phi) is 5.14. The van der Waals surface area contributed by atoms with Gasteiger partial charge in [-0.05, 0) is 0 Å². The van der Waals surface area contributed by atoms with Gasteiger partial charge in [0.15, 0.2) is 0 Å². The van der Waals surface area contributed by atoms with Gasteiger partial charge in [0.1, 0.15) is 0 Å². The molecule has 0 aromatic heterocycles. The average Bonchev–Trinajstić information content (AvgIpc) is 1.82. The number of hydrogen-bond donors (Lipinski definition) is 0. The Hall–Kier alpha value is 0.209. The van der Waals surface area contributed by atoms with E-state index in [2.05, 4.69) is 21.4 Å². The summed E-state index contributed by atoms with van der Waals surface area (Å²) in [5.41, 5.74) is 1.13. The normalized spacial score (nSPS) is 14.0. The molecule has 0 aliphatic rings. The number of aldehydes is 1. The molecule has 0 aliphatic heterocycles. The average molecular weight is 275 g/mol. The van der Waals surface area contributed by atoms with E-state index in [0.29, 0.717) is 0 Å². The van der Waals surface area contributed by atoms with Crippen molar-refractivity contribution in [1.82, 2.24) is 0 Å². The molecule has 0 saturated carbocycles. The van der Waals surface area contributed by atoms with Gasteiger partial charge in [-0.1, -0.05) is 0 Å². The molecule has 0 rings (SSSR count). The van der Waals surface area contributed by atoms with E-state index in [9.17, 15) is 4.79 Å². The molecule has 0 aliphatic carbocycles. The summed E-state index contributed by atoms with van der Waals surface area (Å²) in [7, 11) is 0. The van der Waals surface area contributed by atoms with E-state index < -0.39 is 18.4 Å². The summed E-state index contributed by atoms with van der Waals surface area (Å²) in [6.45, 7) is 5.83. The molecule has 70 valence electrons. The number of hydrogen-bond acceptors (Lipinski definition) is 1. The van der Waals surface area contributed by atoms with Gasteiger partial charge < -0.3 is 0 Å². The topological polar surface area (TPSA) is 17.1 Å². The van der Waals surface area contributed by atoms with Crippen molar-refractivity contribution in [3.05, 3.63) is 12.2 Å². The van der Waals surface area contributed by atoms with Crippen molar-refractivity contribution in [3.63, 3.8) is 0 Å². The fraction of sp³-hybridized carbons (Fsp3) is 0.700. The molecule has 0 aromatic carbocycles. The van der Waals surface area contributed by atoms with Crippen LogP contribution in [0, 0.1) is 5.92 Å². The van der Waals surface area contributed by atoms with Crippen molar-refractivity contribution in [3.8, 4) is 0 Å². The van der Waals surface area contributed by atoms with E-state index in [4.69, 9.17) is 0 Å². The molecule has 0 fully saturated rings. The SMILES string of the molecule is C=C(C)CC(C=O)[CH2][Sn]([CH3])([CH3])[CH3]. The molecule has 0 saturated heterocycles. The molecule has 0 amide bonds. The van der Waals surface area contributed by atoms with Gasteiger partial charge in [0, 0.05) is 0 Å². The van der Waals surface area contributed by atoms with Crippen LogP contribution in [-0.4, -0.2) is 24.7 Å². The first-order chi connectivity index (χ1) is 5.35. The zero-order valence-electron chi connectivity index (χ0n) is 8.68. The molecule has 2 heteroatoms. The molecular formula is C10H20OSn. The first-order valence-electron chi connectivity index (χ1n) is 4.45. The van der Waals surface area contributed by atoms with Crippen molar-refractivity contribution in [1.29, 1.82) is 0 Å². The molecule has 0 N–H and O–H groups in total. The molecule has 1 unspecified atom stereocenters. The summed E-state index contributed by atoms with van der Waals surface area (Å²) in [6, 6.07) is 0. The van der Waals surface area contributed by atoms with Crippen LogP contribution in [0.2, 0.25) is 19.3 Å². The monoisotopic (exact) mass is 276 g/mol. The van der Waals surface area contributed by atoms with Crippen LogP contribution in [-0.2, 0) is 4.79 Å². The Balaban J connectivity index is 4.00. The van der Waals surface area contributed by atoms with Crippen LogP contribution >= 0.6 is 0 Å². The second-order valence-electron chi connectivity index (χ2n) is 4.82. The van der Waals surface area contributed by atoms with Gasteiger partial charge >= 0.3 is 80.1 Å². The summed E-state index contributed by atoms with van der Waals surface area (Å²) in [5, 5.41) is 0. The summed E-state index contributed by atoms with van der Waals surface area (Å²) in [4.78, 5) is 17.8. The van der Waals surface area contributed by atoms with Crippen LogP contribution in [0.1, 0.15) is 13.3 Å². The first-order valence-corrected chi connectivity index (χ1v) is 15.0. The van der Waals surface area contributed by atoms with Crippen LogP contribution < -0.4 is 0 Å². The standard InChI is InChI=1S/C7H11O.3CH3.Sn/c1-6(2)4-7(3)5-8;;;;/h5,7H,1,3-4H2,2H3;3*1H3;. The molecule has 0 aromatic rings. The van der Waals surface area contributed by atoms with Gasteiger partial charge in [0.25, 0.3) is 0 Å². The predicted octanol–water partition coefficient (Wildman–Crippen LogP) is 3.11. The minimum atomic E-state index is -1.76. The quantitative estimate of drug-likeness (QED) is 0.428. The third kappa shape index (κ3) is 6.89. The second-order valence-corrected chi connectivity index (χ2v) is 20.6. The predicted molar refractivity (Wildman–Crippen MR) is 57.1 cm³/mol. The van der Waals surface area contributed by atoms with Gasteiger partial charge in [-0.3, -0.25) is 0 Å². The molecule has 12 heavy (non-hydrogen) atoms. The van der Waals surface area contributed by atoms with Gasteiger partial charge in [-0.25, -0.2) is 0 Å². The molecule has 1 atom stereocenters. The zero-order valence-corrected chi connectivity index (χ0v) is 11.5. The Morgan fingerprint density at radius 2 is 2.00 bits per heavy atom. The zero-order chi connectivity index (χ0) is 9.78. The number of carbonyl (C=O) groups excluding carboxylic acids is 1. The molecule has 0 radical (unpaired) electrons. The summed E-state index contributed by atoms with van der Waals surface area (Å²) in [5.74, 6) is 0.248. The Morgan fingerprint density at radius 1 is 1.50 bits per heavy atom. The van der Waals surface area contributed by atoms with Gasteiger partial charge in [-0.15, -0.1) is 0 Å². The van der Waals surface area contributed by atoms with E-state index in [1.54, 1.807) is 0 Å². The van der Waals surface area contributed by atoms with E-state index in [1.807, 2.05) is 6.92 Å². The van der Waals surface area contributed by atoms with Gasteiger partial charge in [0.05, 0.1) is 0 Å². The van der Waals surface area contributed by atoms with Crippen LogP contribution in [0.5, 0.6) is 0 Å². The molecule has 0 spiro atoms. The molecule has 0 heterocycles. The molecule has 0 bridgehead atoms. The van der Waals surface area contributed by atoms with Crippen molar-refractivity contribution < 1.29 is 4.79 Å². The number of carbonyl (C=O) groups is 1. The second kappa shape index (κ2) is 5.05. The minimum absolute atomic E-state index is 0.248. The summed E-state index contributed by atoms with van der Waals surface area (Å²) in [6.07, 6.45) is 1.99. The van der Waals surface area contributed by atoms with Crippen molar-refractivity contribution in [2.45, 2.75) is 32.6 Å². The van der Waals surface area contributed by atoms with Crippen molar-refractivity contribution in [2.75, 3.05) is 0 Å². The van der Waals surface area contributed by atoms with Crippen LogP contribution in [0.15, 0.2) is 12.2 Å². The molecular weight excluding hydrogens is 255 g/mol. The Morgan fingerprint density at radius 3 is 2.25 bits per heavy atom. The third-order valence-electron chi connectivity index (χ3n) is 1.68. The first kappa shape index (κ1) is 12.2. The van der Waals surface area contributed by atoms with Gasteiger partial charge in [0.2, 0.25) is 0 Å². The third-order valence-corrected chi connectivity index (χ3v) is 6.67. The van der Waals surface area contributed by atoms with Crippen LogP contribution in [0.3, 0.4) is 0 Å². The maximum atomic E-state index is 10.7. The van der Waals surface area contributed by atoms with Crippen molar-refractivity contribution >= 4 is 24.7 Å². The Bertz CT molecular complexity index is 167. The number of rotatable bonds is 5. The van der Waals surface area contributed by atoms with E-state index >= 15 is 0 Å². The fourth-order valence-electron chi connectivity index (χ4n) is 1.40. The Labute approximate surface area is 80.1 Å². The van der Waals surface area contributed by atoms with Gasteiger partial charge in [-0.2, -0.15) is 0 Å². The fourth-order valence-corrected chi connectivity index (χ4v) is 6.58. The van der Waals surface area contributed by atoms with Crippen molar-refractivity contribution in [2.24, 2.45) is 5.92 Å².